The van der Waals surface area contributed by atoms with Gasteiger partial charge in [0.1, 0.15) is 0 Å². The monoisotopic (exact) mass is 177 g/mol. The Hall–Kier alpha value is -0.820. The van der Waals surface area contributed by atoms with Gasteiger partial charge in [0, 0.05) is 6.04 Å². The molecule has 1 aromatic carbocycles. The van der Waals surface area contributed by atoms with Crippen molar-refractivity contribution in [3.8, 4) is 0 Å². The fourth-order valence-corrected chi connectivity index (χ4v) is 1.53. The summed E-state index contributed by atoms with van der Waals surface area (Å²) in [7, 11) is 2.18. The summed E-state index contributed by atoms with van der Waals surface area (Å²) < 4.78 is 0. The highest BCUT2D eigenvalue weighted by Crippen LogP contribution is 2.17. The van der Waals surface area contributed by atoms with E-state index in [9.17, 15) is 0 Å². The second-order valence-corrected chi connectivity index (χ2v) is 3.57. The molecule has 0 N–H and O–H groups in total. The summed E-state index contributed by atoms with van der Waals surface area (Å²) in [5.74, 6) is 0. The molecule has 0 heterocycles. The second-order valence-electron chi connectivity index (χ2n) is 3.57. The van der Waals surface area contributed by atoms with Crippen LogP contribution in [0.4, 0.5) is 0 Å². The van der Waals surface area contributed by atoms with Crippen LogP contribution in [0.3, 0.4) is 0 Å². The molecule has 0 aromatic heterocycles. The molecule has 0 saturated carbocycles. The predicted octanol–water partition coefficient (Wildman–Crippen LogP) is 3.09. The SMILES string of the molecule is CCCN(C)[C@@H](C)c1ccccc1. The fraction of sp³-hybridized carbons (Fsp3) is 0.500. The highest BCUT2D eigenvalue weighted by atomic mass is 15.1. The molecule has 1 atom stereocenters. The first-order valence-electron chi connectivity index (χ1n) is 5.01. The molecular formula is C12H19N. The Morgan fingerprint density at radius 1 is 1.23 bits per heavy atom. The molecule has 1 nitrogen and oxygen atoms in total. The molecule has 0 spiro atoms. The minimum absolute atomic E-state index is 0.529. The van der Waals surface area contributed by atoms with Gasteiger partial charge in [0.05, 0.1) is 0 Å². The van der Waals surface area contributed by atoms with Crippen LogP contribution >= 0.6 is 0 Å². The first-order valence-corrected chi connectivity index (χ1v) is 5.01. The molecule has 72 valence electrons. The molecule has 1 rings (SSSR count). The van der Waals surface area contributed by atoms with E-state index in [2.05, 4.69) is 56.1 Å². The van der Waals surface area contributed by atoms with Crippen LogP contribution in [-0.4, -0.2) is 18.5 Å². The maximum absolute atomic E-state index is 2.38. The second kappa shape index (κ2) is 5.03. The third-order valence-corrected chi connectivity index (χ3v) is 2.52. The summed E-state index contributed by atoms with van der Waals surface area (Å²) in [6.07, 6.45) is 1.22. The van der Waals surface area contributed by atoms with E-state index >= 15 is 0 Å². The summed E-state index contributed by atoms with van der Waals surface area (Å²) in [6, 6.07) is 11.2. The van der Waals surface area contributed by atoms with Crippen LogP contribution in [-0.2, 0) is 0 Å². The molecule has 0 unspecified atom stereocenters. The smallest absolute Gasteiger partial charge is 0.0316 e. The Morgan fingerprint density at radius 2 is 1.85 bits per heavy atom. The Labute approximate surface area is 81.4 Å². The van der Waals surface area contributed by atoms with Gasteiger partial charge in [-0.3, -0.25) is 4.90 Å². The van der Waals surface area contributed by atoms with Gasteiger partial charge in [-0.25, -0.2) is 0 Å². The van der Waals surface area contributed by atoms with E-state index in [1.54, 1.807) is 0 Å². The Kier molecular flexibility index (Phi) is 3.97. The molecule has 0 aliphatic rings. The van der Waals surface area contributed by atoms with Crippen LogP contribution in [0.25, 0.3) is 0 Å². The number of nitrogens with zero attached hydrogens (tertiary/aromatic N) is 1. The van der Waals surface area contributed by atoms with E-state index in [1.807, 2.05) is 0 Å². The fourth-order valence-electron chi connectivity index (χ4n) is 1.53. The summed E-state index contributed by atoms with van der Waals surface area (Å²) in [6.45, 7) is 5.63. The predicted molar refractivity (Wildman–Crippen MR) is 57.8 cm³/mol. The largest absolute Gasteiger partial charge is 0.300 e. The van der Waals surface area contributed by atoms with E-state index in [1.165, 1.54) is 12.0 Å². The number of rotatable bonds is 4. The van der Waals surface area contributed by atoms with Crippen molar-refractivity contribution in [1.29, 1.82) is 0 Å². The minimum atomic E-state index is 0.529. The highest BCUT2D eigenvalue weighted by Gasteiger charge is 2.08. The zero-order chi connectivity index (χ0) is 9.68. The van der Waals surface area contributed by atoms with Crippen LogP contribution in [0.2, 0.25) is 0 Å². The first kappa shape index (κ1) is 10.3. The summed E-state index contributed by atoms with van der Waals surface area (Å²) >= 11 is 0. The minimum Gasteiger partial charge on any atom is -0.300 e. The van der Waals surface area contributed by atoms with Gasteiger partial charge in [-0.2, -0.15) is 0 Å². The van der Waals surface area contributed by atoms with Crippen molar-refractivity contribution < 1.29 is 0 Å². The van der Waals surface area contributed by atoms with E-state index in [4.69, 9.17) is 0 Å². The molecule has 0 amide bonds. The van der Waals surface area contributed by atoms with Crippen molar-refractivity contribution in [2.75, 3.05) is 13.6 Å². The van der Waals surface area contributed by atoms with Crippen molar-refractivity contribution in [1.82, 2.24) is 4.90 Å². The highest BCUT2D eigenvalue weighted by molar-refractivity contribution is 5.18. The topological polar surface area (TPSA) is 3.24 Å². The van der Waals surface area contributed by atoms with Gasteiger partial charge in [0.2, 0.25) is 0 Å². The molecule has 0 aliphatic heterocycles. The van der Waals surface area contributed by atoms with Crippen LogP contribution < -0.4 is 0 Å². The van der Waals surface area contributed by atoms with Crippen molar-refractivity contribution in [3.63, 3.8) is 0 Å². The van der Waals surface area contributed by atoms with Gasteiger partial charge in [-0.05, 0) is 32.5 Å². The van der Waals surface area contributed by atoms with Gasteiger partial charge >= 0.3 is 0 Å². The molecule has 0 bridgehead atoms. The summed E-state index contributed by atoms with van der Waals surface area (Å²) in [5, 5.41) is 0. The van der Waals surface area contributed by atoms with Crippen LogP contribution in [0.15, 0.2) is 30.3 Å². The quantitative estimate of drug-likeness (QED) is 0.683. The Bertz CT molecular complexity index is 230. The standard InChI is InChI=1S/C12H19N/c1-4-10-13(3)11(2)12-8-6-5-7-9-12/h5-9,11H,4,10H2,1-3H3/t11-/m0/s1. The third kappa shape index (κ3) is 2.85. The summed E-state index contributed by atoms with van der Waals surface area (Å²) in [5.41, 5.74) is 1.40. The van der Waals surface area contributed by atoms with Crippen LogP contribution in [0.1, 0.15) is 31.9 Å². The lowest BCUT2D eigenvalue weighted by Gasteiger charge is -2.24. The number of hydrogen-bond acceptors (Lipinski definition) is 1. The lowest BCUT2D eigenvalue weighted by Crippen LogP contribution is -2.22. The third-order valence-electron chi connectivity index (χ3n) is 2.52. The van der Waals surface area contributed by atoms with E-state index in [0.29, 0.717) is 6.04 Å². The molecule has 0 aliphatic carbocycles. The van der Waals surface area contributed by atoms with E-state index in [-0.39, 0.29) is 0 Å². The zero-order valence-corrected chi connectivity index (χ0v) is 8.83. The lowest BCUT2D eigenvalue weighted by molar-refractivity contribution is 0.262. The Balaban J connectivity index is 2.62. The first-order chi connectivity index (χ1) is 6.25. The zero-order valence-electron chi connectivity index (χ0n) is 8.83. The van der Waals surface area contributed by atoms with Crippen molar-refractivity contribution >= 4 is 0 Å². The molecule has 0 fully saturated rings. The maximum Gasteiger partial charge on any atom is 0.0316 e. The maximum atomic E-state index is 2.38. The van der Waals surface area contributed by atoms with Gasteiger partial charge in [0.25, 0.3) is 0 Å². The average molecular weight is 177 g/mol. The average Bonchev–Trinajstić information content (AvgIpc) is 2.18. The van der Waals surface area contributed by atoms with Crippen molar-refractivity contribution in [3.05, 3.63) is 35.9 Å². The van der Waals surface area contributed by atoms with Gasteiger partial charge in [-0.1, -0.05) is 37.3 Å². The van der Waals surface area contributed by atoms with Crippen LogP contribution in [0.5, 0.6) is 0 Å². The van der Waals surface area contributed by atoms with E-state index < -0.39 is 0 Å². The van der Waals surface area contributed by atoms with Crippen molar-refractivity contribution in [2.24, 2.45) is 0 Å². The number of benzene rings is 1. The van der Waals surface area contributed by atoms with Crippen molar-refractivity contribution in [2.45, 2.75) is 26.3 Å². The number of hydrogen-bond donors (Lipinski definition) is 0. The lowest BCUT2D eigenvalue weighted by atomic mass is 10.1. The van der Waals surface area contributed by atoms with Crippen LogP contribution in [0, 0.1) is 0 Å². The molecule has 0 saturated heterocycles. The summed E-state index contributed by atoms with van der Waals surface area (Å²) in [4.78, 5) is 2.38. The Morgan fingerprint density at radius 3 is 2.38 bits per heavy atom. The van der Waals surface area contributed by atoms with Gasteiger partial charge in [-0.15, -0.1) is 0 Å². The normalized spacial score (nSPS) is 13.2. The van der Waals surface area contributed by atoms with Gasteiger partial charge < -0.3 is 0 Å². The molecule has 1 aromatic rings. The van der Waals surface area contributed by atoms with E-state index in [0.717, 1.165) is 6.54 Å². The molecule has 1 heteroatoms. The molecular weight excluding hydrogens is 158 g/mol. The van der Waals surface area contributed by atoms with Gasteiger partial charge in [0.15, 0.2) is 0 Å². The molecule has 0 radical (unpaired) electrons. The molecule has 13 heavy (non-hydrogen) atoms.